The van der Waals surface area contributed by atoms with Crippen LogP contribution in [0.15, 0.2) is 52.3 Å². The van der Waals surface area contributed by atoms with Crippen LogP contribution in [0.1, 0.15) is 47.0 Å². The van der Waals surface area contributed by atoms with Gasteiger partial charge in [-0.2, -0.15) is 13.2 Å². The van der Waals surface area contributed by atoms with Gasteiger partial charge in [0, 0.05) is 49.1 Å². The molecule has 0 saturated carbocycles. The number of nitrogens with zero attached hydrogens (tertiary/aromatic N) is 2. The molecule has 0 bridgehead atoms. The summed E-state index contributed by atoms with van der Waals surface area (Å²) in [6.45, 7) is 5.17. The number of ether oxygens (including phenoxy) is 2. The highest BCUT2D eigenvalue weighted by molar-refractivity contribution is 7.90. The highest BCUT2D eigenvalue weighted by Gasteiger charge is 2.52. The molecule has 2 aromatic rings. The Morgan fingerprint density at radius 2 is 1.73 bits per heavy atom. The molecule has 3 rings (SSSR count). The van der Waals surface area contributed by atoms with Crippen LogP contribution in [-0.2, 0) is 14.6 Å². The van der Waals surface area contributed by atoms with E-state index in [1.165, 1.54) is 46.0 Å². The molecule has 1 aliphatic heterocycles. The molecule has 37 heavy (non-hydrogen) atoms. The van der Waals surface area contributed by atoms with Crippen molar-refractivity contribution in [3.05, 3.63) is 52.9 Å². The van der Waals surface area contributed by atoms with E-state index in [9.17, 15) is 31.2 Å². The van der Waals surface area contributed by atoms with Crippen molar-refractivity contribution < 1.29 is 35.9 Å². The van der Waals surface area contributed by atoms with Crippen LogP contribution in [-0.4, -0.2) is 60.2 Å². The summed E-state index contributed by atoms with van der Waals surface area (Å²) in [7, 11) is -3.36. The lowest BCUT2D eigenvalue weighted by Crippen LogP contribution is -2.56. The summed E-state index contributed by atoms with van der Waals surface area (Å²) in [5.74, 6) is 0.315. The van der Waals surface area contributed by atoms with Gasteiger partial charge in [-0.25, -0.2) is 13.2 Å². The molecule has 8 nitrogen and oxygen atoms in total. The largest absolute Gasteiger partial charge is 0.490 e. The van der Waals surface area contributed by atoms with Crippen molar-refractivity contribution in [3.63, 3.8) is 0 Å². The van der Waals surface area contributed by atoms with Gasteiger partial charge in [0.1, 0.15) is 11.9 Å². The third-order valence-corrected chi connectivity index (χ3v) is 7.58. The number of aromatic nitrogens is 1. The minimum atomic E-state index is -4.70. The van der Waals surface area contributed by atoms with E-state index in [0.29, 0.717) is 30.7 Å². The summed E-state index contributed by atoms with van der Waals surface area (Å²) >= 11 is 0. The van der Waals surface area contributed by atoms with E-state index in [-0.39, 0.29) is 16.6 Å². The number of benzene rings is 1. The normalized spacial score (nSPS) is 21.0. The highest BCUT2D eigenvalue weighted by atomic mass is 32.2. The second kappa shape index (κ2) is 10.4. The molecule has 1 aromatic carbocycles. The van der Waals surface area contributed by atoms with E-state index in [2.05, 4.69) is 0 Å². The van der Waals surface area contributed by atoms with Crippen LogP contribution in [0.5, 0.6) is 5.75 Å². The van der Waals surface area contributed by atoms with Gasteiger partial charge in [0.15, 0.2) is 9.84 Å². The number of hydrogen-bond donors (Lipinski definition) is 0. The molecule has 1 aliphatic rings. The monoisotopic (exact) mass is 544 g/mol. The van der Waals surface area contributed by atoms with Crippen LogP contribution in [0, 0.1) is 0 Å². The Hall–Kier alpha value is -3.02. The average molecular weight is 545 g/mol. The number of amides is 1. The number of piperidine rings is 1. The number of likely N-dealkylation sites (tertiary alicyclic amines) is 1. The fraction of sp³-hybridized carbons (Fsp3) is 0.520. The zero-order chi connectivity index (χ0) is 27.8. The maximum absolute atomic E-state index is 13.2. The minimum Gasteiger partial charge on any atom is -0.490 e. The summed E-state index contributed by atoms with van der Waals surface area (Å²) in [4.78, 5) is 26.9. The number of rotatable bonds is 6. The van der Waals surface area contributed by atoms with Crippen molar-refractivity contribution in [3.8, 4) is 11.4 Å². The van der Waals surface area contributed by atoms with Gasteiger partial charge in [0.2, 0.25) is 5.60 Å². The first-order chi connectivity index (χ1) is 17.0. The maximum Gasteiger partial charge on any atom is 0.427 e. The molecular formula is C25H31F3N2O6S. The molecule has 0 spiro atoms. The Bertz CT molecular complexity index is 1290. The molecule has 1 aromatic heterocycles. The van der Waals surface area contributed by atoms with Crippen LogP contribution in [0.25, 0.3) is 5.69 Å². The number of pyridine rings is 1. The summed E-state index contributed by atoms with van der Waals surface area (Å²) in [5.41, 5.74) is -2.53. The zero-order valence-corrected chi connectivity index (χ0v) is 22.1. The second-order valence-corrected chi connectivity index (χ2v) is 11.8. The Morgan fingerprint density at radius 1 is 1.11 bits per heavy atom. The van der Waals surface area contributed by atoms with Gasteiger partial charge in [-0.15, -0.1) is 0 Å². The molecule has 0 aliphatic carbocycles. The van der Waals surface area contributed by atoms with Crippen molar-refractivity contribution in [1.29, 1.82) is 0 Å². The summed E-state index contributed by atoms with van der Waals surface area (Å²) in [6, 6.07) is 7.95. The molecule has 3 atom stereocenters. The van der Waals surface area contributed by atoms with Gasteiger partial charge in [0.25, 0.3) is 5.56 Å². The maximum atomic E-state index is 13.2. The number of halogens is 3. The molecule has 0 unspecified atom stereocenters. The van der Waals surface area contributed by atoms with Gasteiger partial charge < -0.3 is 14.4 Å². The highest BCUT2D eigenvalue weighted by Crippen LogP contribution is 2.35. The fourth-order valence-electron chi connectivity index (χ4n) is 4.28. The number of sulfone groups is 1. The van der Waals surface area contributed by atoms with Crippen LogP contribution in [0.4, 0.5) is 18.0 Å². The number of alkyl halides is 3. The first-order valence-electron chi connectivity index (χ1n) is 11.8. The van der Waals surface area contributed by atoms with Crippen molar-refractivity contribution in [2.45, 2.75) is 81.8 Å². The van der Waals surface area contributed by atoms with Gasteiger partial charge in [0.05, 0.1) is 4.90 Å². The Balaban J connectivity index is 1.72. The quantitative estimate of drug-likeness (QED) is 0.522. The first kappa shape index (κ1) is 28.5. The predicted octanol–water partition coefficient (Wildman–Crippen LogP) is 4.73. The van der Waals surface area contributed by atoms with E-state index in [1.54, 1.807) is 13.0 Å². The molecule has 0 radical (unpaired) electrons. The smallest absolute Gasteiger partial charge is 0.427 e. The standard InChI is InChI=1S/C25H31F3N2O6S/c1-6-17-14-20(13-16(2)30(17)23(32)36-24(3,4)25(26,27)28)35-19-11-12-29(22(31)15-19)18-7-9-21(10-8-18)37(5,33)34/h7-12,15-17,20H,6,13-14H2,1-5H3/t16-,17-,20-/m1/s1. The van der Waals surface area contributed by atoms with Crippen molar-refractivity contribution in [2.75, 3.05) is 6.26 Å². The lowest BCUT2D eigenvalue weighted by atomic mass is 9.92. The molecule has 1 fully saturated rings. The van der Waals surface area contributed by atoms with E-state index in [4.69, 9.17) is 9.47 Å². The third kappa shape index (κ3) is 6.46. The molecule has 204 valence electrons. The first-order valence-corrected chi connectivity index (χ1v) is 13.7. The SMILES string of the molecule is CC[C@@H]1C[C@H](Oc2ccn(-c3ccc(S(C)(=O)=O)cc3)c(=O)c2)C[C@@H](C)N1C(=O)OC(C)(C)C(F)(F)F. The summed E-state index contributed by atoms with van der Waals surface area (Å²) < 4.78 is 75.1. The number of carbonyl (C=O) groups is 1. The molecular weight excluding hydrogens is 513 g/mol. The van der Waals surface area contributed by atoms with Crippen molar-refractivity contribution in [1.82, 2.24) is 9.47 Å². The van der Waals surface area contributed by atoms with Gasteiger partial charge >= 0.3 is 12.3 Å². The lowest BCUT2D eigenvalue weighted by molar-refractivity contribution is -0.247. The molecule has 0 N–H and O–H groups in total. The topological polar surface area (TPSA) is 94.9 Å². The number of carbonyl (C=O) groups excluding carboxylic acids is 1. The van der Waals surface area contributed by atoms with Crippen LogP contribution in [0.2, 0.25) is 0 Å². The Morgan fingerprint density at radius 3 is 2.24 bits per heavy atom. The molecule has 1 saturated heterocycles. The fourth-order valence-corrected chi connectivity index (χ4v) is 4.91. The zero-order valence-electron chi connectivity index (χ0n) is 21.3. The van der Waals surface area contributed by atoms with E-state index >= 15 is 0 Å². The second-order valence-electron chi connectivity index (χ2n) is 9.74. The van der Waals surface area contributed by atoms with E-state index < -0.39 is 39.8 Å². The summed E-state index contributed by atoms with van der Waals surface area (Å²) in [6.07, 6.45) is -2.30. The van der Waals surface area contributed by atoms with Crippen molar-refractivity contribution >= 4 is 15.9 Å². The Kier molecular flexibility index (Phi) is 8.02. The van der Waals surface area contributed by atoms with Gasteiger partial charge in [-0.05, 0) is 57.5 Å². The minimum absolute atomic E-state index is 0.140. The van der Waals surface area contributed by atoms with Crippen LogP contribution in [0.3, 0.4) is 0 Å². The van der Waals surface area contributed by atoms with Crippen LogP contribution >= 0.6 is 0 Å². The summed E-state index contributed by atoms with van der Waals surface area (Å²) in [5, 5.41) is 0. The molecule has 1 amide bonds. The third-order valence-electron chi connectivity index (χ3n) is 6.45. The Labute approximate surface area is 213 Å². The van der Waals surface area contributed by atoms with E-state index in [1.807, 2.05) is 6.92 Å². The molecule has 2 heterocycles. The predicted molar refractivity (Wildman–Crippen MR) is 131 cm³/mol. The van der Waals surface area contributed by atoms with E-state index in [0.717, 1.165) is 20.1 Å². The average Bonchev–Trinajstić information content (AvgIpc) is 2.77. The lowest BCUT2D eigenvalue weighted by Gasteiger charge is -2.44. The van der Waals surface area contributed by atoms with Gasteiger partial charge in [-0.1, -0.05) is 6.92 Å². The molecule has 12 heteroatoms. The van der Waals surface area contributed by atoms with Crippen LogP contribution < -0.4 is 10.3 Å². The van der Waals surface area contributed by atoms with Gasteiger partial charge in [-0.3, -0.25) is 9.36 Å². The van der Waals surface area contributed by atoms with Crippen molar-refractivity contribution in [2.24, 2.45) is 0 Å². The number of hydrogen-bond acceptors (Lipinski definition) is 6.